The van der Waals surface area contributed by atoms with Gasteiger partial charge in [-0.1, -0.05) is 41.5 Å². The summed E-state index contributed by atoms with van der Waals surface area (Å²) in [4.78, 5) is 28.9. The van der Waals surface area contributed by atoms with E-state index in [1.807, 2.05) is 0 Å². The molecule has 5 saturated carbocycles. The van der Waals surface area contributed by atoms with Crippen LogP contribution in [0.5, 0.6) is 0 Å². The first kappa shape index (κ1) is 37.1. The monoisotopic (exact) mass is 738 g/mol. The van der Waals surface area contributed by atoms with Crippen molar-refractivity contribution in [2.45, 2.75) is 148 Å². The first-order valence-corrected chi connectivity index (χ1v) is 20.1. The van der Waals surface area contributed by atoms with Crippen LogP contribution in [0.4, 0.5) is 22.8 Å². The Hall–Kier alpha value is -1.83. The third-order valence-corrected chi connectivity index (χ3v) is 16.6. The number of carbonyl (C=O) groups excluding carboxylic acids is 2. The van der Waals surface area contributed by atoms with Crippen molar-refractivity contribution in [2.24, 2.45) is 57.0 Å². The Morgan fingerprint density at radius 3 is 2.35 bits per heavy atom. The highest BCUT2D eigenvalue weighted by atomic mass is 19.4. The van der Waals surface area contributed by atoms with Crippen molar-refractivity contribution >= 4 is 12.2 Å². The van der Waals surface area contributed by atoms with Crippen LogP contribution in [0.15, 0.2) is 0 Å². The lowest BCUT2D eigenvalue weighted by Crippen LogP contribution is -2.70. The normalized spacial score (nSPS) is 47.0. The average Bonchev–Trinajstić information content (AvgIpc) is 3.63. The van der Waals surface area contributed by atoms with E-state index in [0.717, 1.165) is 70.9 Å². The van der Waals surface area contributed by atoms with Crippen LogP contribution in [-0.4, -0.2) is 108 Å². The highest BCUT2D eigenvalue weighted by Gasteiger charge is 2.85. The molecule has 8 rings (SSSR count). The molecule has 8 fully saturated rings. The highest BCUT2D eigenvalue weighted by Crippen LogP contribution is 2.87. The number of hydrogen-bond donors (Lipinski definition) is 3. The van der Waals surface area contributed by atoms with Gasteiger partial charge in [-0.2, -0.15) is 13.2 Å². The van der Waals surface area contributed by atoms with Crippen LogP contribution in [0.2, 0.25) is 0 Å². The second kappa shape index (κ2) is 12.1. The lowest BCUT2D eigenvalue weighted by Gasteiger charge is -2.63. The molecule has 0 aromatic heterocycles. The van der Waals surface area contributed by atoms with E-state index in [2.05, 4.69) is 46.9 Å². The number of halogens is 3. The summed E-state index contributed by atoms with van der Waals surface area (Å²) in [5.74, 6) is 0.872. The lowest BCUT2D eigenvalue weighted by molar-refractivity contribution is -0.180. The fraction of sp³-hybridized carbons (Fsp3) is 0.949. The average molecular weight is 739 g/mol. The van der Waals surface area contributed by atoms with E-state index in [1.165, 1.54) is 4.90 Å². The number of amides is 2. The van der Waals surface area contributed by atoms with E-state index < -0.39 is 42.7 Å². The van der Waals surface area contributed by atoms with Crippen LogP contribution < -0.4 is 11.1 Å². The first-order valence-electron chi connectivity index (χ1n) is 20.1. The number of nitrogens with zero attached hydrogens (tertiary/aromatic N) is 2. The molecule has 0 bridgehead atoms. The third kappa shape index (κ3) is 5.23. The van der Waals surface area contributed by atoms with Gasteiger partial charge >= 0.3 is 18.4 Å². The quantitative estimate of drug-likeness (QED) is 0.317. The van der Waals surface area contributed by atoms with Gasteiger partial charge in [0.1, 0.15) is 12.2 Å². The van der Waals surface area contributed by atoms with Crippen LogP contribution >= 0.6 is 0 Å². The topological polar surface area (TPSA) is 127 Å². The minimum absolute atomic E-state index is 0.0207. The molecule has 5 aliphatic carbocycles. The Morgan fingerprint density at radius 1 is 1.04 bits per heavy atom. The maximum Gasteiger partial charge on any atom is 0.410 e. The number of likely N-dealkylation sites (tertiary alicyclic amines) is 2. The zero-order valence-electron chi connectivity index (χ0n) is 31.8. The molecular formula is C39H61F3N4O6. The maximum absolute atomic E-state index is 13.0. The summed E-state index contributed by atoms with van der Waals surface area (Å²) in [5, 5.41) is 15.3. The lowest BCUT2D eigenvalue weighted by atomic mass is 9.43. The van der Waals surface area contributed by atoms with Crippen LogP contribution in [0.25, 0.3) is 0 Å². The molecule has 13 heteroatoms. The molecule has 3 saturated heterocycles. The Bertz CT molecular complexity index is 1440. The standard InChI is InChI=1S/C39H61F3N4O6/c1-21(2)29(52-33(49)46-14-7-15-46)24-16-22(3)28-30(50-24)31(47)39(43)26-9-8-25-34(4,5)27(10-11-36(25)19-37(26,36)13-12-35(28,39)6)51-32(48)44-23-17-45(18-23)20-38(40,41)42/h21-31,47H,7-20,43H2,1-6H3,(H,44,48)/t22-,24?,25+,26?,27+,28+,29-,30?,31+,35-,36?,37?,39+/m1/s1. The number of nitrogens with one attached hydrogen (secondary N) is 1. The number of alkyl halides is 3. The second-order valence-corrected chi connectivity index (χ2v) is 19.7. The van der Waals surface area contributed by atoms with Crippen molar-refractivity contribution in [1.29, 1.82) is 0 Å². The number of fused-ring (bicyclic) bond motifs is 4. The van der Waals surface area contributed by atoms with Crippen LogP contribution in [0, 0.1) is 51.2 Å². The molecule has 0 radical (unpaired) electrons. The number of carbonyl (C=O) groups is 2. The Balaban J connectivity index is 0.965. The SMILES string of the molecule is CC(C)[C@@H](OC(=O)N1CCC1)C1C[C@@H](C)[C@H]2C(O1)[C@H](O)[C@@]1(N)C3CC[C@H]4C(C)(C)[C@@H](OC(=O)NC5CN(CC(F)(F)F)C5)CCC45CC35CC[C@]21C. The highest BCUT2D eigenvalue weighted by molar-refractivity contribution is 5.69. The van der Waals surface area contributed by atoms with Crippen molar-refractivity contribution in [3.05, 3.63) is 0 Å². The molecule has 2 spiro atoms. The summed E-state index contributed by atoms with van der Waals surface area (Å²) < 4.78 is 57.3. The molecule has 0 aromatic rings. The van der Waals surface area contributed by atoms with Crippen LogP contribution in [0.1, 0.15) is 99.3 Å². The van der Waals surface area contributed by atoms with Gasteiger partial charge < -0.3 is 35.3 Å². The number of aliphatic hydroxyl groups is 1. The van der Waals surface area contributed by atoms with Crippen molar-refractivity contribution in [3.63, 3.8) is 0 Å². The van der Waals surface area contributed by atoms with E-state index in [-0.39, 0.29) is 82.8 Å². The van der Waals surface area contributed by atoms with Gasteiger partial charge in [0.05, 0.1) is 36.4 Å². The number of aliphatic hydroxyl groups excluding tert-OH is 1. The van der Waals surface area contributed by atoms with Gasteiger partial charge in [-0.3, -0.25) is 4.90 Å². The molecule has 2 amide bonds. The summed E-state index contributed by atoms with van der Waals surface area (Å²) in [6.45, 7) is 14.0. The summed E-state index contributed by atoms with van der Waals surface area (Å²) in [6, 6.07) is -0.340. The molecule has 5 unspecified atom stereocenters. The molecule has 3 heterocycles. The first-order chi connectivity index (χ1) is 24.3. The summed E-state index contributed by atoms with van der Waals surface area (Å²) >= 11 is 0. The molecule has 13 atom stereocenters. The van der Waals surface area contributed by atoms with Gasteiger partial charge in [-0.15, -0.1) is 0 Å². The summed E-state index contributed by atoms with van der Waals surface area (Å²) in [6.07, 6.45) is 0.989. The molecule has 52 heavy (non-hydrogen) atoms. The molecule has 294 valence electrons. The van der Waals surface area contributed by atoms with Crippen LogP contribution in [-0.2, 0) is 14.2 Å². The Morgan fingerprint density at radius 2 is 1.71 bits per heavy atom. The van der Waals surface area contributed by atoms with Crippen molar-refractivity contribution in [3.8, 4) is 0 Å². The molecule has 8 aliphatic rings. The van der Waals surface area contributed by atoms with Crippen LogP contribution in [0.3, 0.4) is 0 Å². The zero-order valence-corrected chi connectivity index (χ0v) is 31.8. The van der Waals surface area contributed by atoms with Crippen molar-refractivity contribution in [2.75, 3.05) is 32.7 Å². The van der Waals surface area contributed by atoms with Gasteiger partial charge in [0.2, 0.25) is 0 Å². The molecule has 0 aromatic carbocycles. The maximum atomic E-state index is 13.0. The number of alkyl carbamates (subject to hydrolysis) is 1. The number of ether oxygens (including phenoxy) is 3. The Labute approximate surface area is 306 Å². The largest absolute Gasteiger partial charge is 0.446 e. The molecule has 10 nitrogen and oxygen atoms in total. The predicted octanol–water partition coefficient (Wildman–Crippen LogP) is 5.70. The van der Waals surface area contributed by atoms with Gasteiger partial charge in [0.25, 0.3) is 0 Å². The summed E-state index contributed by atoms with van der Waals surface area (Å²) in [5.41, 5.74) is 6.46. The van der Waals surface area contributed by atoms with Gasteiger partial charge in [-0.05, 0) is 104 Å². The molecule has 4 N–H and O–H groups in total. The number of rotatable bonds is 6. The van der Waals surface area contributed by atoms with E-state index in [9.17, 15) is 27.9 Å². The second-order valence-electron chi connectivity index (χ2n) is 19.7. The van der Waals surface area contributed by atoms with E-state index in [0.29, 0.717) is 5.92 Å². The Kier molecular flexibility index (Phi) is 8.62. The third-order valence-electron chi connectivity index (χ3n) is 16.6. The number of nitrogens with two attached hydrogens (primary N) is 1. The van der Waals surface area contributed by atoms with Crippen molar-refractivity contribution in [1.82, 2.24) is 15.1 Å². The minimum Gasteiger partial charge on any atom is -0.446 e. The van der Waals surface area contributed by atoms with Gasteiger partial charge in [0.15, 0.2) is 0 Å². The fourth-order valence-corrected chi connectivity index (χ4v) is 14.1. The summed E-state index contributed by atoms with van der Waals surface area (Å²) in [7, 11) is 0. The van der Waals surface area contributed by atoms with E-state index >= 15 is 0 Å². The number of hydrogen-bond acceptors (Lipinski definition) is 8. The minimum atomic E-state index is -4.25. The van der Waals surface area contributed by atoms with Crippen molar-refractivity contribution < 1.29 is 42.1 Å². The van der Waals surface area contributed by atoms with Gasteiger partial charge in [-0.25, -0.2) is 9.59 Å². The van der Waals surface area contributed by atoms with E-state index in [1.54, 1.807) is 4.90 Å². The van der Waals surface area contributed by atoms with E-state index in [4.69, 9.17) is 19.9 Å². The fourth-order valence-electron chi connectivity index (χ4n) is 14.1. The molecular weight excluding hydrogens is 677 g/mol. The smallest absolute Gasteiger partial charge is 0.410 e. The predicted molar refractivity (Wildman–Crippen MR) is 186 cm³/mol. The zero-order chi connectivity index (χ0) is 37.4. The molecule has 3 aliphatic heterocycles. The van der Waals surface area contributed by atoms with Gasteiger partial charge in [0, 0.05) is 31.6 Å².